The molecule has 0 aliphatic heterocycles. The SMILES string of the molecule is COc1ccccc1C(C)NC(=O)Cn1cnc2cc(-c3ccc(Cl)cc3)sc2c1=O. The van der Waals surface area contributed by atoms with Crippen LogP contribution < -0.4 is 15.6 Å². The van der Waals surface area contributed by atoms with Crippen molar-refractivity contribution in [2.24, 2.45) is 0 Å². The Balaban J connectivity index is 1.54. The Hall–Kier alpha value is -3.16. The predicted molar refractivity (Wildman–Crippen MR) is 124 cm³/mol. The van der Waals surface area contributed by atoms with Gasteiger partial charge in [0.2, 0.25) is 5.91 Å². The number of amides is 1. The van der Waals surface area contributed by atoms with E-state index >= 15 is 0 Å². The molecule has 31 heavy (non-hydrogen) atoms. The van der Waals surface area contributed by atoms with E-state index in [2.05, 4.69) is 10.3 Å². The molecule has 1 amide bonds. The Kier molecular flexibility index (Phi) is 6.06. The lowest BCUT2D eigenvalue weighted by Gasteiger charge is -2.17. The molecule has 158 valence electrons. The van der Waals surface area contributed by atoms with E-state index in [-0.39, 0.29) is 24.1 Å². The topological polar surface area (TPSA) is 73.2 Å². The number of rotatable bonds is 6. The highest BCUT2D eigenvalue weighted by Gasteiger charge is 2.16. The molecule has 0 spiro atoms. The van der Waals surface area contributed by atoms with Gasteiger partial charge >= 0.3 is 0 Å². The van der Waals surface area contributed by atoms with Crippen LogP contribution in [-0.2, 0) is 11.3 Å². The van der Waals surface area contributed by atoms with Gasteiger partial charge in [0.05, 0.1) is 25.0 Å². The van der Waals surface area contributed by atoms with Crippen LogP contribution in [0.2, 0.25) is 5.02 Å². The van der Waals surface area contributed by atoms with Gasteiger partial charge in [0.25, 0.3) is 5.56 Å². The molecule has 8 heteroatoms. The zero-order chi connectivity index (χ0) is 22.0. The first-order valence-corrected chi connectivity index (χ1v) is 10.8. The van der Waals surface area contributed by atoms with Crippen LogP contribution >= 0.6 is 22.9 Å². The number of carbonyl (C=O) groups is 1. The lowest BCUT2D eigenvalue weighted by molar-refractivity contribution is -0.122. The molecular weight excluding hydrogens is 434 g/mol. The third-order valence-corrected chi connectivity index (χ3v) is 6.34. The van der Waals surface area contributed by atoms with E-state index in [0.29, 0.717) is 21.0 Å². The normalized spacial score (nSPS) is 12.0. The van der Waals surface area contributed by atoms with Gasteiger partial charge in [-0.1, -0.05) is 41.9 Å². The first-order chi connectivity index (χ1) is 15.0. The molecule has 1 unspecified atom stereocenters. The molecular formula is C23H20ClN3O3S. The van der Waals surface area contributed by atoms with Crippen molar-refractivity contribution in [3.63, 3.8) is 0 Å². The second-order valence-electron chi connectivity index (χ2n) is 7.04. The van der Waals surface area contributed by atoms with Crippen molar-refractivity contribution >= 4 is 39.1 Å². The monoisotopic (exact) mass is 453 g/mol. The summed E-state index contributed by atoms with van der Waals surface area (Å²) in [4.78, 5) is 30.8. The molecule has 2 aromatic carbocycles. The van der Waals surface area contributed by atoms with Gasteiger partial charge in [-0.2, -0.15) is 0 Å². The molecule has 0 radical (unpaired) electrons. The number of nitrogens with zero attached hydrogens (tertiary/aromatic N) is 2. The number of hydrogen-bond acceptors (Lipinski definition) is 5. The molecule has 0 aliphatic carbocycles. The van der Waals surface area contributed by atoms with Crippen LogP contribution in [-0.4, -0.2) is 22.6 Å². The molecule has 2 heterocycles. The molecule has 0 saturated carbocycles. The minimum absolute atomic E-state index is 0.116. The molecule has 0 aliphatic rings. The Morgan fingerprint density at radius 1 is 1.23 bits per heavy atom. The molecule has 0 saturated heterocycles. The smallest absolute Gasteiger partial charge is 0.271 e. The van der Waals surface area contributed by atoms with Crippen LogP contribution in [0.4, 0.5) is 0 Å². The fraction of sp³-hybridized carbons (Fsp3) is 0.174. The maximum Gasteiger partial charge on any atom is 0.271 e. The maximum atomic E-state index is 12.9. The van der Waals surface area contributed by atoms with Gasteiger partial charge in [0, 0.05) is 15.5 Å². The quantitative estimate of drug-likeness (QED) is 0.460. The number of fused-ring (bicyclic) bond motifs is 1. The van der Waals surface area contributed by atoms with Crippen LogP contribution in [0.15, 0.2) is 65.7 Å². The van der Waals surface area contributed by atoms with E-state index in [1.54, 1.807) is 19.2 Å². The maximum absolute atomic E-state index is 12.9. The largest absolute Gasteiger partial charge is 0.496 e. The number of hydrogen-bond donors (Lipinski definition) is 1. The summed E-state index contributed by atoms with van der Waals surface area (Å²) in [5.41, 5.74) is 2.20. The number of para-hydroxylation sites is 1. The van der Waals surface area contributed by atoms with Gasteiger partial charge in [0.1, 0.15) is 17.0 Å². The van der Waals surface area contributed by atoms with Crippen molar-refractivity contribution in [2.75, 3.05) is 7.11 Å². The van der Waals surface area contributed by atoms with Gasteiger partial charge in [-0.15, -0.1) is 11.3 Å². The van der Waals surface area contributed by atoms with Crippen molar-refractivity contribution in [1.82, 2.24) is 14.9 Å². The standard InChI is InChI=1S/C23H20ClN3O3S/c1-14(17-5-3-4-6-19(17)30-2)26-21(28)12-27-13-25-18-11-20(31-22(18)23(27)29)15-7-9-16(24)10-8-15/h3-11,13-14H,12H2,1-2H3,(H,26,28). The summed E-state index contributed by atoms with van der Waals surface area (Å²) < 4.78 is 7.20. The number of halogens is 1. The van der Waals surface area contributed by atoms with Crippen molar-refractivity contribution in [3.8, 4) is 16.2 Å². The minimum atomic E-state index is -0.281. The Morgan fingerprint density at radius 3 is 2.71 bits per heavy atom. The van der Waals surface area contributed by atoms with Crippen molar-refractivity contribution in [2.45, 2.75) is 19.5 Å². The average Bonchev–Trinajstić information content (AvgIpc) is 3.21. The highest BCUT2D eigenvalue weighted by molar-refractivity contribution is 7.22. The van der Waals surface area contributed by atoms with Crippen molar-refractivity contribution < 1.29 is 9.53 Å². The van der Waals surface area contributed by atoms with Gasteiger partial charge in [-0.25, -0.2) is 4.98 Å². The lowest BCUT2D eigenvalue weighted by atomic mass is 10.1. The highest BCUT2D eigenvalue weighted by Crippen LogP contribution is 2.31. The predicted octanol–water partition coefficient (Wildman–Crippen LogP) is 4.66. The summed E-state index contributed by atoms with van der Waals surface area (Å²) >= 11 is 7.31. The first kappa shape index (κ1) is 21.1. The van der Waals surface area contributed by atoms with Crippen LogP contribution in [0.3, 0.4) is 0 Å². The number of benzene rings is 2. The van der Waals surface area contributed by atoms with Crippen molar-refractivity contribution in [1.29, 1.82) is 0 Å². The molecule has 2 aromatic heterocycles. The van der Waals surface area contributed by atoms with Gasteiger partial charge in [0.15, 0.2) is 0 Å². The van der Waals surface area contributed by atoms with Crippen LogP contribution in [0.5, 0.6) is 5.75 Å². The Morgan fingerprint density at radius 2 is 1.97 bits per heavy atom. The summed E-state index contributed by atoms with van der Waals surface area (Å²) in [5.74, 6) is 0.417. The molecule has 6 nitrogen and oxygen atoms in total. The first-order valence-electron chi connectivity index (χ1n) is 9.63. The third kappa shape index (κ3) is 4.47. The zero-order valence-electron chi connectivity index (χ0n) is 17.0. The molecule has 4 rings (SSSR count). The number of ether oxygens (including phenoxy) is 1. The second-order valence-corrected chi connectivity index (χ2v) is 8.53. The zero-order valence-corrected chi connectivity index (χ0v) is 18.5. The number of aromatic nitrogens is 2. The van der Waals surface area contributed by atoms with Gasteiger partial charge in [-0.3, -0.25) is 14.2 Å². The summed E-state index contributed by atoms with van der Waals surface area (Å²) in [7, 11) is 1.59. The fourth-order valence-electron chi connectivity index (χ4n) is 3.36. The average molecular weight is 454 g/mol. The minimum Gasteiger partial charge on any atom is -0.496 e. The van der Waals surface area contributed by atoms with Crippen LogP contribution in [0, 0.1) is 0 Å². The summed E-state index contributed by atoms with van der Waals surface area (Å²) in [5, 5.41) is 3.57. The third-order valence-electron chi connectivity index (χ3n) is 4.93. The van der Waals surface area contributed by atoms with E-state index in [4.69, 9.17) is 16.3 Å². The van der Waals surface area contributed by atoms with E-state index in [0.717, 1.165) is 16.0 Å². The number of nitrogens with one attached hydrogen (secondary N) is 1. The van der Waals surface area contributed by atoms with E-state index < -0.39 is 0 Å². The highest BCUT2D eigenvalue weighted by atomic mass is 35.5. The van der Waals surface area contributed by atoms with Crippen LogP contribution in [0.1, 0.15) is 18.5 Å². The molecule has 0 fully saturated rings. The number of carbonyl (C=O) groups excluding carboxylic acids is 1. The summed E-state index contributed by atoms with van der Waals surface area (Å²) in [6.45, 7) is 1.76. The summed E-state index contributed by atoms with van der Waals surface area (Å²) in [6.07, 6.45) is 1.41. The molecule has 0 bridgehead atoms. The Labute approximate surface area is 188 Å². The van der Waals surface area contributed by atoms with Crippen molar-refractivity contribution in [3.05, 3.63) is 81.9 Å². The molecule has 4 aromatic rings. The van der Waals surface area contributed by atoms with Crippen LogP contribution in [0.25, 0.3) is 20.7 Å². The van der Waals surface area contributed by atoms with E-state index in [1.807, 2.05) is 49.4 Å². The van der Waals surface area contributed by atoms with E-state index in [9.17, 15) is 9.59 Å². The summed E-state index contributed by atoms with van der Waals surface area (Å²) in [6, 6.07) is 16.5. The fourth-order valence-corrected chi connectivity index (χ4v) is 4.55. The number of thiophene rings is 1. The van der Waals surface area contributed by atoms with Gasteiger partial charge < -0.3 is 10.1 Å². The number of methoxy groups -OCH3 is 1. The van der Waals surface area contributed by atoms with E-state index in [1.165, 1.54) is 22.2 Å². The molecule has 1 atom stereocenters. The lowest BCUT2D eigenvalue weighted by Crippen LogP contribution is -2.33. The molecule has 1 N–H and O–H groups in total. The van der Waals surface area contributed by atoms with Gasteiger partial charge in [-0.05, 0) is 36.8 Å². The second kappa shape index (κ2) is 8.91. The Bertz CT molecular complexity index is 1300.